The summed E-state index contributed by atoms with van der Waals surface area (Å²) in [7, 11) is 0. The van der Waals surface area contributed by atoms with Crippen molar-refractivity contribution in [3.63, 3.8) is 0 Å². The molecule has 0 saturated carbocycles. The largest absolute Gasteiger partial charge is 0.573 e. The molecule has 1 nitrogen and oxygen atoms in total. The highest BCUT2D eigenvalue weighted by molar-refractivity contribution is 5.88. The minimum absolute atomic E-state index is 0.123. The smallest absolute Gasteiger partial charge is 0.399 e. The molecule has 0 aromatic heterocycles. The SMILES string of the molecule is CCCc1ccc2c(F)c(-c3cc(F)c(OC(F)(F)F)c(F)c3)ccc2c1. The molecule has 0 saturated heterocycles. The standard InChI is InChI=1S/C20H14F6O/c1-2-3-11-4-6-14-12(8-11)5-7-15(18(14)23)13-9-16(21)19(17(22)10-13)27-20(24,25)26/h4-10H,2-3H2,1H3. The summed E-state index contributed by atoms with van der Waals surface area (Å²) in [5.41, 5.74) is 0.682. The Morgan fingerprint density at radius 1 is 0.889 bits per heavy atom. The van der Waals surface area contributed by atoms with Crippen LogP contribution in [0.1, 0.15) is 18.9 Å². The molecule has 0 aliphatic carbocycles. The first-order valence-electron chi connectivity index (χ1n) is 8.16. The molecule has 142 valence electrons. The van der Waals surface area contributed by atoms with E-state index in [1.807, 2.05) is 13.0 Å². The second-order valence-corrected chi connectivity index (χ2v) is 6.05. The molecular weight excluding hydrogens is 370 g/mol. The van der Waals surface area contributed by atoms with Crippen LogP contribution in [0, 0.1) is 17.5 Å². The molecule has 0 atom stereocenters. The molecule has 0 amide bonds. The van der Waals surface area contributed by atoms with Gasteiger partial charge in [0.1, 0.15) is 5.82 Å². The van der Waals surface area contributed by atoms with Crippen molar-refractivity contribution in [2.24, 2.45) is 0 Å². The maximum absolute atomic E-state index is 14.9. The molecule has 0 aliphatic rings. The van der Waals surface area contributed by atoms with E-state index in [1.165, 1.54) is 6.07 Å². The summed E-state index contributed by atoms with van der Waals surface area (Å²) in [4.78, 5) is 0. The topological polar surface area (TPSA) is 9.23 Å². The predicted molar refractivity (Wildman–Crippen MR) is 89.9 cm³/mol. The normalized spacial score (nSPS) is 11.8. The van der Waals surface area contributed by atoms with Gasteiger partial charge in [-0.05, 0) is 35.1 Å². The third-order valence-electron chi connectivity index (χ3n) is 4.08. The van der Waals surface area contributed by atoms with Crippen LogP contribution in [0.2, 0.25) is 0 Å². The van der Waals surface area contributed by atoms with Crippen molar-refractivity contribution in [1.82, 2.24) is 0 Å². The number of alkyl halides is 3. The van der Waals surface area contributed by atoms with Crippen LogP contribution < -0.4 is 4.74 Å². The number of fused-ring (bicyclic) bond motifs is 1. The van der Waals surface area contributed by atoms with Crippen molar-refractivity contribution >= 4 is 10.8 Å². The van der Waals surface area contributed by atoms with Gasteiger partial charge in [0.2, 0.25) is 5.75 Å². The minimum atomic E-state index is -5.24. The number of benzene rings is 3. The zero-order chi connectivity index (χ0) is 19.8. The highest BCUT2D eigenvalue weighted by Gasteiger charge is 2.34. The van der Waals surface area contributed by atoms with Gasteiger partial charge in [-0.2, -0.15) is 0 Å². The van der Waals surface area contributed by atoms with Gasteiger partial charge in [-0.3, -0.25) is 0 Å². The Morgan fingerprint density at radius 3 is 2.15 bits per heavy atom. The van der Waals surface area contributed by atoms with Crippen LogP contribution in [-0.4, -0.2) is 6.36 Å². The van der Waals surface area contributed by atoms with Crippen LogP contribution in [0.15, 0.2) is 42.5 Å². The van der Waals surface area contributed by atoms with Crippen molar-refractivity contribution in [2.75, 3.05) is 0 Å². The van der Waals surface area contributed by atoms with Gasteiger partial charge in [0.25, 0.3) is 0 Å². The maximum atomic E-state index is 14.9. The third-order valence-corrected chi connectivity index (χ3v) is 4.08. The fourth-order valence-electron chi connectivity index (χ4n) is 2.94. The maximum Gasteiger partial charge on any atom is 0.573 e. The second kappa shape index (κ2) is 7.13. The van der Waals surface area contributed by atoms with Crippen molar-refractivity contribution in [3.8, 4) is 16.9 Å². The molecule has 0 unspecified atom stereocenters. The van der Waals surface area contributed by atoms with E-state index < -0.39 is 29.6 Å². The Balaban J connectivity index is 2.07. The number of hydrogen-bond acceptors (Lipinski definition) is 1. The summed E-state index contributed by atoms with van der Waals surface area (Å²) in [6.45, 7) is 2.02. The van der Waals surface area contributed by atoms with Crippen LogP contribution in [0.3, 0.4) is 0 Å². The summed E-state index contributed by atoms with van der Waals surface area (Å²) < 4.78 is 82.8. The Kier molecular flexibility index (Phi) is 5.04. The van der Waals surface area contributed by atoms with E-state index in [-0.39, 0.29) is 16.5 Å². The summed E-state index contributed by atoms with van der Waals surface area (Å²) in [5.74, 6) is -5.42. The number of ether oxygens (including phenoxy) is 1. The predicted octanol–water partition coefficient (Wildman–Crippen LogP) is 6.78. The molecule has 3 aromatic rings. The van der Waals surface area contributed by atoms with Gasteiger partial charge < -0.3 is 4.74 Å². The number of rotatable bonds is 4. The van der Waals surface area contributed by atoms with Crippen molar-refractivity contribution in [2.45, 2.75) is 26.1 Å². The van der Waals surface area contributed by atoms with E-state index in [4.69, 9.17) is 0 Å². The van der Waals surface area contributed by atoms with Crippen molar-refractivity contribution in [1.29, 1.82) is 0 Å². The van der Waals surface area contributed by atoms with Gasteiger partial charge >= 0.3 is 6.36 Å². The average Bonchev–Trinajstić information content (AvgIpc) is 2.58. The molecule has 3 aromatic carbocycles. The highest BCUT2D eigenvalue weighted by atomic mass is 19.4. The van der Waals surface area contributed by atoms with Gasteiger partial charge in [-0.15, -0.1) is 13.2 Å². The Bertz CT molecular complexity index is 971. The van der Waals surface area contributed by atoms with Crippen LogP contribution in [-0.2, 0) is 6.42 Å². The first-order chi connectivity index (χ1) is 12.7. The molecule has 0 bridgehead atoms. The van der Waals surface area contributed by atoms with E-state index in [2.05, 4.69) is 4.74 Å². The fraction of sp³-hybridized carbons (Fsp3) is 0.200. The first kappa shape index (κ1) is 19.1. The lowest BCUT2D eigenvalue weighted by Gasteiger charge is -2.13. The van der Waals surface area contributed by atoms with E-state index in [1.54, 1.807) is 18.2 Å². The van der Waals surface area contributed by atoms with Gasteiger partial charge in [-0.25, -0.2) is 13.2 Å². The Hall–Kier alpha value is -2.70. The molecule has 3 rings (SSSR count). The van der Waals surface area contributed by atoms with E-state index >= 15 is 0 Å². The zero-order valence-corrected chi connectivity index (χ0v) is 14.1. The lowest BCUT2D eigenvalue weighted by Crippen LogP contribution is -2.19. The highest BCUT2D eigenvalue weighted by Crippen LogP contribution is 2.35. The molecule has 0 spiro atoms. The lowest BCUT2D eigenvalue weighted by molar-refractivity contribution is -0.276. The third kappa shape index (κ3) is 4.02. The van der Waals surface area contributed by atoms with Gasteiger partial charge in [0.15, 0.2) is 11.6 Å². The van der Waals surface area contributed by atoms with Crippen LogP contribution >= 0.6 is 0 Å². The lowest BCUT2D eigenvalue weighted by atomic mass is 9.98. The van der Waals surface area contributed by atoms with E-state index in [9.17, 15) is 26.3 Å². The monoisotopic (exact) mass is 384 g/mol. The van der Waals surface area contributed by atoms with Crippen LogP contribution in [0.25, 0.3) is 21.9 Å². The molecule has 0 fully saturated rings. The van der Waals surface area contributed by atoms with Gasteiger partial charge in [0, 0.05) is 10.9 Å². The van der Waals surface area contributed by atoms with Crippen LogP contribution in [0.4, 0.5) is 26.3 Å². The number of aryl methyl sites for hydroxylation is 1. The molecule has 0 N–H and O–H groups in total. The van der Waals surface area contributed by atoms with Crippen molar-refractivity contribution < 1.29 is 31.1 Å². The number of halogens is 6. The molecule has 0 aliphatic heterocycles. The van der Waals surface area contributed by atoms with E-state index in [0.29, 0.717) is 17.5 Å². The quantitative estimate of drug-likeness (QED) is 0.451. The summed E-state index contributed by atoms with van der Waals surface area (Å²) >= 11 is 0. The zero-order valence-electron chi connectivity index (χ0n) is 14.1. The Morgan fingerprint density at radius 2 is 1.56 bits per heavy atom. The molecule has 0 heterocycles. The molecule has 27 heavy (non-hydrogen) atoms. The van der Waals surface area contributed by atoms with Gasteiger partial charge in [0.05, 0.1) is 0 Å². The molecular formula is C20H14F6O. The minimum Gasteiger partial charge on any atom is -0.399 e. The molecule has 7 heteroatoms. The average molecular weight is 384 g/mol. The fourth-order valence-corrected chi connectivity index (χ4v) is 2.94. The Labute approximate surface area is 151 Å². The summed E-state index contributed by atoms with van der Waals surface area (Å²) in [6, 6.07) is 9.33. The summed E-state index contributed by atoms with van der Waals surface area (Å²) in [5, 5.41) is 0.879. The van der Waals surface area contributed by atoms with Crippen LogP contribution in [0.5, 0.6) is 5.75 Å². The first-order valence-corrected chi connectivity index (χ1v) is 8.16. The van der Waals surface area contributed by atoms with E-state index in [0.717, 1.165) is 18.4 Å². The second-order valence-electron chi connectivity index (χ2n) is 6.05. The van der Waals surface area contributed by atoms with Crippen molar-refractivity contribution in [3.05, 3.63) is 65.5 Å². The summed E-state index contributed by atoms with van der Waals surface area (Å²) in [6.07, 6.45) is -3.49. The molecule has 0 radical (unpaired) electrons. The van der Waals surface area contributed by atoms with Gasteiger partial charge in [-0.1, -0.05) is 43.7 Å². The number of hydrogen-bond donors (Lipinski definition) is 0.